The molecule has 5 nitrogen and oxygen atoms in total. The maximum atomic E-state index is 11.1. The van der Waals surface area contributed by atoms with E-state index in [0.29, 0.717) is 0 Å². The molecule has 0 fully saturated rings. The van der Waals surface area contributed by atoms with E-state index >= 15 is 0 Å². The Morgan fingerprint density at radius 3 is 2.62 bits per heavy atom. The standard InChI is InChI=1S/C7H10BNO4/c1-9-4-5(8(11)12)3-6(9)7(10)13-2/h3-4,11-12H,1-2H3. The number of rotatable bonds is 2. The Bertz CT molecular complexity index is 320. The lowest BCUT2D eigenvalue weighted by atomic mass is 9.82. The van der Waals surface area contributed by atoms with Gasteiger partial charge in [-0.2, -0.15) is 0 Å². The highest BCUT2D eigenvalue weighted by Gasteiger charge is 2.18. The fourth-order valence-corrected chi connectivity index (χ4v) is 1.04. The molecule has 6 heteroatoms. The van der Waals surface area contributed by atoms with Crippen LogP contribution in [0.2, 0.25) is 0 Å². The highest BCUT2D eigenvalue weighted by Crippen LogP contribution is 1.99. The summed E-state index contributed by atoms with van der Waals surface area (Å²) in [6, 6.07) is 1.37. The molecule has 1 aromatic rings. The largest absolute Gasteiger partial charge is 0.490 e. The van der Waals surface area contributed by atoms with Crippen LogP contribution in [0.4, 0.5) is 0 Å². The van der Waals surface area contributed by atoms with Crippen LogP contribution in [0.3, 0.4) is 0 Å². The van der Waals surface area contributed by atoms with Crippen molar-refractivity contribution in [3.05, 3.63) is 18.0 Å². The molecule has 0 atom stereocenters. The fourth-order valence-electron chi connectivity index (χ4n) is 1.04. The Morgan fingerprint density at radius 1 is 1.62 bits per heavy atom. The van der Waals surface area contributed by atoms with Crippen molar-refractivity contribution >= 4 is 18.6 Å². The van der Waals surface area contributed by atoms with E-state index < -0.39 is 13.1 Å². The molecule has 0 bridgehead atoms. The highest BCUT2D eigenvalue weighted by atomic mass is 16.5. The SMILES string of the molecule is COC(=O)c1cc(B(O)O)cn1C. The molecule has 70 valence electrons. The lowest BCUT2D eigenvalue weighted by Gasteiger charge is -1.98. The number of carbonyl (C=O) groups excluding carboxylic acids is 1. The summed E-state index contributed by atoms with van der Waals surface area (Å²) < 4.78 is 5.96. The molecule has 1 aromatic heterocycles. The summed E-state index contributed by atoms with van der Waals surface area (Å²) in [6.07, 6.45) is 1.46. The first-order chi connectivity index (χ1) is 6.06. The van der Waals surface area contributed by atoms with E-state index in [4.69, 9.17) is 10.0 Å². The molecule has 0 aliphatic rings. The fraction of sp³-hybridized carbons (Fsp3) is 0.286. The van der Waals surface area contributed by atoms with Gasteiger partial charge in [-0.05, 0) is 6.07 Å². The number of nitrogens with zero attached hydrogens (tertiary/aromatic N) is 1. The zero-order chi connectivity index (χ0) is 10.0. The molecule has 0 radical (unpaired) electrons. The monoisotopic (exact) mass is 183 g/mol. The second-order valence-electron chi connectivity index (χ2n) is 2.63. The van der Waals surface area contributed by atoms with Crippen molar-refractivity contribution in [1.29, 1.82) is 0 Å². The Labute approximate surface area is 75.7 Å². The van der Waals surface area contributed by atoms with Crippen molar-refractivity contribution in [2.75, 3.05) is 7.11 Å². The van der Waals surface area contributed by atoms with Crippen LogP contribution in [-0.2, 0) is 11.8 Å². The van der Waals surface area contributed by atoms with Crippen LogP contribution in [-0.4, -0.2) is 34.8 Å². The molecule has 1 heterocycles. The van der Waals surface area contributed by atoms with E-state index in [0.717, 1.165) is 0 Å². The number of aromatic nitrogens is 1. The minimum atomic E-state index is -1.57. The van der Waals surface area contributed by atoms with Gasteiger partial charge in [-0.25, -0.2) is 4.79 Å². The molecule has 0 spiro atoms. The minimum Gasteiger partial charge on any atom is -0.464 e. The van der Waals surface area contributed by atoms with Crippen LogP contribution < -0.4 is 5.46 Å². The van der Waals surface area contributed by atoms with Crippen molar-refractivity contribution in [3.63, 3.8) is 0 Å². The predicted octanol–water partition coefficient (Wildman–Crippen LogP) is -1.51. The number of hydrogen-bond acceptors (Lipinski definition) is 4. The van der Waals surface area contributed by atoms with E-state index in [1.54, 1.807) is 7.05 Å². The van der Waals surface area contributed by atoms with Crippen molar-refractivity contribution in [2.24, 2.45) is 7.05 Å². The van der Waals surface area contributed by atoms with Gasteiger partial charge in [-0.3, -0.25) is 0 Å². The van der Waals surface area contributed by atoms with Gasteiger partial charge in [0.05, 0.1) is 7.11 Å². The number of hydrogen-bond donors (Lipinski definition) is 2. The Morgan fingerprint density at radius 2 is 2.23 bits per heavy atom. The Kier molecular flexibility index (Phi) is 2.74. The van der Waals surface area contributed by atoms with Crippen molar-refractivity contribution in [1.82, 2.24) is 4.57 Å². The van der Waals surface area contributed by atoms with Crippen LogP contribution in [0.15, 0.2) is 12.3 Å². The Hall–Kier alpha value is -1.27. The van der Waals surface area contributed by atoms with E-state index in [1.165, 1.54) is 23.9 Å². The van der Waals surface area contributed by atoms with Crippen molar-refractivity contribution < 1.29 is 19.6 Å². The summed E-state index contributed by atoms with van der Waals surface area (Å²) in [6.45, 7) is 0. The number of aryl methyl sites for hydroxylation is 1. The number of carbonyl (C=O) groups is 1. The van der Waals surface area contributed by atoms with Crippen LogP contribution in [0.1, 0.15) is 10.5 Å². The van der Waals surface area contributed by atoms with Gasteiger partial charge in [0, 0.05) is 18.7 Å². The maximum absolute atomic E-state index is 11.1. The third kappa shape index (κ3) is 1.91. The average Bonchev–Trinajstić information content (AvgIpc) is 2.46. The zero-order valence-electron chi connectivity index (χ0n) is 7.39. The number of esters is 1. The second-order valence-corrected chi connectivity index (χ2v) is 2.63. The van der Waals surface area contributed by atoms with Gasteiger partial charge in [0.25, 0.3) is 0 Å². The second kappa shape index (κ2) is 3.63. The summed E-state index contributed by atoms with van der Waals surface area (Å²) in [5, 5.41) is 17.6. The first kappa shape index (κ1) is 9.82. The van der Waals surface area contributed by atoms with Crippen LogP contribution in [0, 0.1) is 0 Å². The first-order valence-corrected chi connectivity index (χ1v) is 3.67. The molecule has 0 saturated carbocycles. The molecule has 0 aromatic carbocycles. The first-order valence-electron chi connectivity index (χ1n) is 3.67. The normalized spacial score (nSPS) is 9.85. The molecule has 0 unspecified atom stereocenters. The van der Waals surface area contributed by atoms with E-state index in [-0.39, 0.29) is 11.2 Å². The molecule has 0 saturated heterocycles. The molecule has 2 N–H and O–H groups in total. The lowest BCUT2D eigenvalue weighted by molar-refractivity contribution is 0.0590. The molecule has 13 heavy (non-hydrogen) atoms. The molecular formula is C7H10BNO4. The summed E-state index contributed by atoms with van der Waals surface area (Å²) in [5.74, 6) is -0.505. The van der Waals surface area contributed by atoms with Crippen LogP contribution >= 0.6 is 0 Å². The predicted molar refractivity (Wildman–Crippen MR) is 46.6 cm³/mol. The van der Waals surface area contributed by atoms with E-state index in [2.05, 4.69) is 4.74 Å². The van der Waals surface area contributed by atoms with Gasteiger partial charge in [0.15, 0.2) is 0 Å². The molecule has 0 aliphatic heterocycles. The van der Waals surface area contributed by atoms with Gasteiger partial charge < -0.3 is 19.4 Å². The van der Waals surface area contributed by atoms with Crippen LogP contribution in [0.25, 0.3) is 0 Å². The van der Waals surface area contributed by atoms with Crippen LogP contribution in [0.5, 0.6) is 0 Å². The Balaban J connectivity index is 3.03. The zero-order valence-corrected chi connectivity index (χ0v) is 7.39. The molecule has 0 aliphatic carbocycles. The van der Waals surface area contributed by atoms with Gasteiger partial charge >= 0.3 is 13.1 Å². The van der Waals surface area contributed by atoms with E-state index in [9.17, 15) is 4.79 Å². The summed E-state index contributed by atoms with van der Waals surface area (Å²) >= 11 is 0. The van der Waals surface area contributed by atoms with Gasteiger partial charge in [0.2, 0.25) is 0 Å². The molecule has 1 rings (SSSR count). The molecular weight excluding hydrogens is 173 g/mol. The quantitative estimate of drug-likeness (QED) is 0.432. The molecule has 0 amide bonds. The summed E-state index contributed by atoms with van der Waals surface area (Å²) in [5.41, 5.74) is 0.550. The highest BCUT2D eigenvalue weighted by molar-refractivity contribution is 6.58. The smallest absolute Gasteiger partial charge is 0.464 e. The van der Waals surface area contributed by atoms with E-state index in [1.807, 2.05) is 0 Å². The lowest BCUT2D eigenvalue weighted by Crippen LogP contribution is -2.28. The van der Waals surface area contributed by atoms with Gasteiger partial charge in [-0.1, -0.05) is 0 Å². The minimum absolute atomic E-state index is 0.267. The van der Waals surface area contributed by atoms with Crippen molar-refractivity contribution in [3.8, 4) is 0 Å². The topological polar surface area (TPSA) is 71.7 Å². The van der Waals surface area contributed by atoms with Gasteiger partial charge in [-0.15, -0.1) is 0 Å². The number of methoxy groups -OCH3 is 1. The maximum Gasteiger partial charge on any atom is 0.490 e. The summed E-state index contributed by atoms with van der Waals surface area (Å²) in [7, 11) is 1.33. The third-order valence-corrected chi connectivity index (χ3v) is 1.72. The van der Waals surface area contributed by atoms with Crippen molar-refractivity contribution in [2.45, 2.75) is 0 Å². The third-order valence-electron chi connectivity index (χ3n) is 1.72. The summed E-state index contributed by atoms with van der Waals surface area (Å²) in [4.78, 5) is 11.1. The van der Waals surface area contributed by atoms with Gasteiger partial charge in [0.1, 0.15) is 5.69 Å². The average molecular weight is 183 g/mol. The number of ether oxygens (including phenoxy) is 1.